The van der Waals surface area contributed by atoms with Crippen molar-refractivity contribution in [3.63, 3.8) is 0 Å². The van der Waals surface area contributed by atoms with Gasteiger partial charge in [-0.25, -0.2) is 4.39 Å². The van der Waals surface area contributed by atoms with E-state index in [2.05, 4.69) is 24.0 Å². The third-order valence-electron chi connectivity index (χ3n) is 3.27. The van der Waals surface area contributed by atoms with Crippen LogP contribution in [0.4, 0.5) is 10.1 Å². The average Bonchev–Trinajstić information content (AvgIpc) is 2.41. The number of hydrogen-bond donors (Lipinski definition) is 1. The Kier molecular flexibility index (Phi) is 4.35. The molecular formula is C16H17FN2S. The lowest BCUT2D eigenvalue weighted by Gasteiger charge is -2.22. The van der Waals surface area contributed by atoms with Gasteiger partial charge in [-0.1, -0.05) is 36.5 Å². The first kappa shape index (κ1) is 14.5. The second-order valence-corrected chi connectivity index (χ2v) is 5.25. The molecule has 0 aliphatic carbocycles. The molecule has 2 rings (SSSR count). The summed E-state index contributed by atoms with van der Waals surface area (Å²) in [5.74, 6) is -0.324. The smallest absolute Gasteiger partial charge is 0.123 e. The molecule has 0 saturated heterocycles. The van der Waals surface area contributed by atoms with Crippen LogP contribution in [0.2, 0.25) is 0 Å². The van der Waals surface area contributed by atoms with E-state index >= 15 is 0 Å². The minimum Gasteiger partial charge on any atom is -0.389 e. The zero-order valence-electron chi connectivity index (χ0n) is 11.6. The summed E-state index contributed by atoms with van der Waals surface area (Å²) in [6, 6.07) is 12.7. The summed E-state index contributed by atoms with van der Waals surface area (Å²) >= 11 is 5.00. The van der Waals surface area contributed by atoms with E-state index in [0.717, 1.165) is 11.3 Å². The van der Waals surface area contributed by atoms with Crippen molar-refractivity contribution in [2.45, 2.75) is 13.5 Å². The zero-order chi connectivity index (χ0) is 14.7. The van der Waals surface area contributed by atoms with Gasteiger partial charge >= 0.3 is 0 Å². The van der Waals surface area contributed by atoms with Gasteiger partial charge in [0, 0.05) is 24.8 Å². The van der Waals surface area contributed by atoms with Crippen LogP contribution in [0.25, 0.3) is 0 Å². The Morgan fingerprint density at radius 3 is 2.60 bits per heavy atom. The first-order chi connectivity index (χ1) is 9.49. The Morgan fingerprint density at radius 2 is 1.95 bits per heavy atom. The van der Waals surface area contributed by atoms with E-state index in [1.54, 1.807) is 6.07 Å². The number of halogens is 1. The number of thiocarbonyl (C=S) groups is 1. The number of benzene rings is 2. The van der Waals surface area contributed by atoms with Crippen molar-refractivity contribution in [1.29, 1.82) is 0 Å². The van der Waals surface area contributed by atoms with Gasteiger partial charge in [0.25, 0.3) is 0 Å². The highest BCUT2D eigenvalue weighted by Crippen LogP contribution is 2.21. The van der Waals surface area contributed by atoms with Crippen molar-refractivity contribution in [3.8, 4) is 0 Å². The van der Waals surface area contributed by atoms with E-state index < -0.39 is 0 Å². The summed E-state index contributed by atoms with van der Waals surface area (Å²) in [5, 5.41) is 0. The summed E-state index contributed by atoms with van der Waals surface area (Å²) in [7, 11) is 2.00. The van der Waals surface area contributed by atoms with Crippen molar-refractivity contribution in [2.75, 3.05) is 11.9 Å². The fourth-order valence-corrected chi connectivity index (χ4v) is 2.44. The number of para-hydroxylation sites is 1. The van der Waals surface area contributed by atoms with Crippen LogP contribution in [-0.4, -0.2) is 12.0 Å². The minimum atomic E-state index is -0.324. The quantitative estimate of drug-likeness (QED) is 0.874. The lowest BCUT2D eigenvalue weighted by molar-refractivity contribution is 0.626. The van der Waals surface area contributed by atoms with Gasteiger partial charge in [0.05, 0.1) is 0 Å². The molecule has 20 heavy (non-hydrogen) atoms. The van der Waals surface area contributed by atoms with E-state index in [1.807, 2.05) is 19.2 Å². The molecule has 0 unspecified atom stereocenters. The van der Waals surface area contributed by atoms with E-state index in [0.29, 0.717) is 12.1 Å². The van der Waals surface area contributed by atoms with Crippen molar-refractivity contribution in [1.82, 2.24) is 0 Å². The molecule has 2 nitrogen and oxygen atoms in total. The molecule has 0 aliphatic rings. The molecule has 0 radical (unpaired) electrons. The predicted molar refractivity (Wildman–Crippen MR) is 85.6 cm³/mol. The highest BCUT2D eigenvalue weighted by molar-refractivity contribution is 7.80. The molecule has 2 N–H and O–H groups in total. The molecule has 0 aliphatic heterocycles. The zero-order valence-corrected chi connectivity index (χ0v) is 12.4. The lowest BCUT2D eigenvalue weighted by atomic mass is 10.1. The monoisotopic (exact) mass is 288 g/mol. The van der Waals surface area contributed by atoms with Crippen molar-refractivity contribution >= 4 is 22.9 Å². The Morgan fingerprint density at radius 1 is 1.25 bits per heavy atom. The predicted octanol–water partition coefficient (Wildman–Crippen LogP) is 3.40. The molecule has 2 aromatic rings. The first-order valence-electron chi connectivity index (χ1n) is 6.34. The molecule has 0 spiro atoms. The highest BCUT2D eigenvalue weighted by Gasteiger charge is 2.10. The fourth-order valence-electron chi connectivity index (χ4n) is 2.25. The second-order valence-electron chi connectivity index (χ2n) is 4.81. The molecular weight excluding hydrogens is 271 g/mol. The standard InChI is InChI=1S/C16H17FN2S/c1-11-5-3-4-6-15(11)19(2)10-12-7-8-13(17)9-14(12)16(18)20/h3-9H,10H2,1-2H3,(H2,18,20). The number of hydrogen-bond acceptors (Lipinski definition) is 2. The van der Waals surface area contributed by atoms with E-state index in [1.165, 1.54) is 17.7 Å². The van der Waals surface area contributed by atoms with Gasteiger partial charge in [-0.3, -0.25) is 0 Å². The number of rotatable bonds is 4. The molecule has 0 saturated carbocycles. The lowest BCUT2D eigenvalue weighted by Crippen LogP contribution is -2.21. The van der Waals surface area contributed by atoms with Crippen LogP contribution in [0.15, 0.2) is 42.5 Å². The van der Waals surface area contributed by atoms with Crippen LogP contribution in [0.3, 0.4) is 0 Å². The van der Waals surface area contributed by atoms with Gasteiger partial charge in [0.15, 0.2) is 0 Å². The van der Waals surface area contributed by atoms with Crippen LogP contribution >= 0.6 is 12.2 Å². The minimum absolute atomic E-state index is 0.220. The van der Waals surface area contributed by atoms with E-state index in [-0.39, 0.29) is 10.8 Å². The van der Waals surface area contributed by atoms with Crippen LogP contribution in [-0.2, 0) is 6.54 Å². The van der Waals surface area contributed by atoms with Gasteiger partial charge in [-0.05, 0) is 36.2 Å². The summed E-state index contributed by atoms with van der Waals surface area (Å²) in [6.45, 7) is 2.68. The molecule has 104 valence electrons. The summed E-state index contributed by atoms with van der Waals surface area (Å²) in [6.07, 6.45) is 0. The topological polar surface area (TPSA) is 29.3 Å². The van der Waals surface area contributed by atoms with Crippen molar-refractivity contribution in [3.05, 3.63) is 65.0 Å². The van der Waals surface area contributed by atoms with Gasteiger partial charge in [0.2, 0.25) is 0 Å². The third-order valence-corrected chi connectivity index (χ3v) is 3.49. The van der Waals surface area contributed by atoms with Crippen LogP contribution in [0, 0.1) is 12.7 Å². The van der Waals surface area contributed by atoms with Crippen LogP contribution in [0.1, 0.15) is 16.7 Å². The van der Waals surface area contributed by atoms with Crippen molar-refractivity contribution in [2.24, 2.45) is 5.73 Å². The summed E-state index contributed by atoms with van der Waals surface area (Å²) in [5.41, 5.74) is 9.51. The van der Waals surface area contributed by atoms with Crippen molar-refractivity contribution < 1.29 is 4.39 Å². The van der Waals surface area contributed by atoms with Crippen LogP contribution in [0.5, 0.6) is 0 Å². The average molecular weight is 288 g/mol. The maximum Gasteiger partial charge on any atom is 0.123 e. The van der Waals surface area contributed by atoms with Gasteiger partial charge in [-0.2, -0.15) is 0 Å². The van der Waals surface area contributed by atoms with Gasteiger partial charge < -0.3 is 10.6 Å². The molecule has 4 heteroatoms. The normalized spacial score (nSPS) is 10.3. The number of nitrogens with two attached hydrogens (primary N) is 1. The SMILES string of the molecule is Cc1ccccc1N(C)Cc1ccc(F)cc1C(N)=S. The molecule has 0 amide bonds. The Hall–Kier alpha value is -1.94. The maximum absolute atomic E-state index is 13.3. The molecule has 0 bridgehead atoms. The second kappa shape index (κ2) is 6.01. The third kappa shape index (κ3) is 3.14. The summed E-state index contributed by atoms with van der Waals surface area (Å²) < 4.78 is 13.3. The number of nitrogens with zero attached hydrogens (tertiary/aromatic N) is 1. The van der Waals surface area contributed by atoms with E-state index in [9.17, 15) is 4.39 Å². The largest absolute Gasteiger partial charge is 0.389 e. The van der Waals surface area contributed by atoms with E-state index in [4.69, 9.17) is 18.0 Å². The Balaban J connectivity index is 2.31. The molecule has 2 aromatic carbocycles. The maximum atomic E-state index is 13.3. The van der Waals surface area contributed by atoms with Crippen LogP contribution < -0.4 is 10.6 Å². The number of aryl methyl sites for hydroxylation is 1. The van der Waals surface area contributed by atoms with Gasteiger partial charge in [-0.15, -0.1) is 0 Å². The summed E-state index contributed by atoms with van der Waals surface area (Å²) in [4.78, 5) is 2.32. The highest BCUT2D eigenvalue weighted by atomic mass is 32.1. The molecule has 0 atom stereocenters. The fraction of sp³-hybridized carbons (Fsp3) is 0.188. The first-order valence-corrected chi connectivity index (χ1v) is 6.75. The Bertz CT molecular complexity index is 640. The molecule has 0 heterocycles. The van der Waals surface area contributed by atoms with Gasteiger partial charge in [0.1, 0.15) is 10.8 Å². The molecule has 0 aromatic heterocycles. The Labute approximate surface area is 124 Å². The molecule has 0 fully saturated rings. The number of anilines is 1.